The molecule has 10 heteroatoms. The summed E-state index contributed by atoms with van der Waals surface area (Å²) >= 11 is 0. The van der Waals surface area contributed by atoms with Crippen LogP contribution in [0.3, 0.4) is 0 Å². The molecule has 84 heavy (non-hydrogen) atoms. The molecule has 0 aliphatic heterocycles. The molecule has 0 amide bonds. The monoisotopic (exact) mass is 1180 g/mol. The van der Waals surface area contributed by atoms with Gasteiger partial charge >= 0.3 is 19.8 Å². The Hall–Kier alpha value is -5.15. The number of unbranched alkanes of at least 4 members (excludes halogenated alkanes) is 10. The minimum atomic E-state index is -4.42. The molecule has 0 aliphatic carbocycles. The van der Waals surface area contributed by atoms with Gasteiger partial charge in [0.1, 0.15) is 19.8 Å². The van der Waals surface area contributed by atoms with E-state index < -0.39 is 32.5 Å². The highest BCUT2D eigenvalue weighted by atomic mass is 31.2. The molecule has 0 rings (SSSR count). The zero-order valence-corrected chi connectivity index (χ0v) is 54.2. The van der Waals surface area contributed by atoms with Crippen LogP contribution < -0.4 is 0 Å². The number of nitrogens with zero attached hydrogens (tertiary/aromatic N) is 1. The molecule has 0 radical (unpaired) electrons. The van der Waals surface area contributed by atoms with E-state index in [-0.39, 0.29) is 26.1 Å². The van der Waals surface area contributed by atoms with Gasteiger partial charge in [0, 0.05) is 12.8 Å². The summed E-state index contributed by atoms with van der Waals surface area (Å²) in [5.74, 6) is -0.876. The second kappa shape index (κ2) is 62.4. The lowest BCUT2D eigenvalue weighted by Crippen LogP contribution is -2.37. The van der Waals surface area contributed by atoms with Gasteiger partial charge < -0.3 is 18.9 Å². The molecular formula is C74H117NO8P+. The number of hydrogen-bond acceptors (Lipinski definition) is 7. The first-order valence-electron chi connectivity index (χ1n) is 32.2. The van der Waals surface area contributed by atoms with E-state index in [4.69, 9.17) is 18.5 Å². The molecule has 0 spiro atoms. The second-order valence-corrected chi connectivity index (χ2v) is 23.1. The van der Waals surface area contributed by atoms with Crippen molar-refractivity contribution in [2.75, 3.05) is 47.5 Å². The van der Waals surface area contributed by atoms with Crippen LogP contribution in [0.2, 0.25) is 0 Å². The minimum absolute atomic E-state index is 0.0107. The van der Waals surface area contributed by atoms with E-state index in [0.29, 0.717) is 23.9 Å². The van der Waals surface area contributed by atoms with Crippen molar-refractivity contribution in [2.24, 2.45) is 0 Å². The molecule has 0 bridgehead atoms. The molecule has 0 aliphatic rings. The Bertz CT molecular complexity index is 2120. The molecule has 0 saturated carbocycles. The lowest BCUT2D eigenvalue weighted by atomic mass is 10.1. The number of carbonyl (C=O) groups excluding carboxylic acids is 2. The summed E-state index contributed by atoms with van der Waals surface area (Å²) in [4.78, 5) is 35.8. The van der Waals surface area contributed by atoms with Crippen molar-refractivity contribution >= 4 is 19.8 Å². The molecule has 0 heterocycles. The number of hydrogen-bond donors (Lipinski definition) is 1. The third kappa shape index (κ3) is 66.0. The third-order valence-corrected chi connectivity index (χ3v) is 13.6. The topological polar surface area (TPSA) is 108 Å². The van der Waals surface area contributed by atoms with Gasteiger partial charge in [-0.25, -0.2) is 4.57 Å². The van der Waals surface area contributed by atoms with Crippen LogP contribution in [0.1, 0.15) is 206 Å². The van der Waals surface area contributed by atoms with E-state index in [1.807, 2.05) is 21.1 Å². The van der Waals surface area contributed by atoms with Gasteiger partial charge in [0.2, 0.25) is 0 Å². The maximum absolute atomic E-state index is 12.9. The number of carbonyl (C=O) groups is 2. The molecule has 2 atom stereocenters. The van der Waals surface area contributed by atoms with E-state index in [2.05, 4.69) is 208 Å². The molecule has 0 aromatic rings. The highest BCUT2D eigenvalue weighted by molar-refractivity contribution is 7.47. The van der Waals surface area contributed by atoms with Gasteiger partial charge in [0.15, 0.2) is 6.10 Å². The predicted molar refractivity (Wildman–Crippen MR) is 362 cm³/mol. The van der Waals surface area contributed by atoms with E-state index in [9.17, 15) is 19.0 Å². The number of likely N-dealkylation sites (N-methyl/N-ethyl adjacent to an activating group) is 1. The zero-order chi connectivity index (χ0) is 61.2. The quantitative estimate of drug-likeness (QED) is 0.0211. The SMILES string of the molecule is CC/C=C\C/C=C\C/C=C\C/C=C\C/C=C\C/C=C\C/C=C\C/C=C\CCCCCCCCCCC(=O)OC(COC(=O)CCCC/C=C\C/C=C\C/C=C\C/C=C\C/C=C\C/C=C\C/C=C\C/C=C\CC)COP(=O)(O)OCC[N+](C)(C)C. The van der Waals surface area contributed by atoms with Crippen LogP contribution in [-0.4, -0.2) is 74.9 Å². The molecule has 2 unspecified atom stereocenters. The molecular weight excluding hydrogens is 1060 g/mol. The Morgan fingerprint density at radius 3 is 0.976 bits per heavy atom. The maximum atomic E-state index is 12.9. The van der Waals surface area contributed by atoms with Crippen molar-refractivity contribution < 1.29 is 42.1 Å². The van der Waals surface area contributed by atoms with Crippen molar-refractivity contribution in [1.82, 2.24) is 0 Å². The normalized spacial score (nSPS) is 14.5. The van der Waals surface area contributed by atoms with Crippen LogP contribution in [0.15, 0.2) is 194 Å². The zero-order valence-electron chi connectivity index (χ0n) is 53.3. The van der Waals surface area contributed by atoms with Gasteiger partial charge in [-0.15, -0.1) is 0 Å². The fraction of sp³-hybridized carbons (Fsp3) is 0.541. The summed E-state index contributed by atoms with van der Waals surface area (Å²) < 4.78 is 34.6. The summed E-state index contributed by atoms with van der Waals surface area (Å²) in [6, 6.07) is 0. The van der Waals surface area contributed by atoms with Crippen LogP contribution in [0.4, 0.5) is 0 Å². The van der Waals surface area contributed by atoms with E-state index in [1.165, 1.54) is 25.7 Å². The third-order valence-electron chi connectivity index (χ3n) is 12.6. The molecule has 1 N–H and O–H groups in total. The molecule has 9 nitrogen and oxygen atoms in total. The van der Waals surface area contributed by atoms with Crippen molar-refractivity contribution in [3.05, 3.63) is 194 Å². The summed E-state index contributed by atoms with van der Waals surface area (Å²) in [6.45, 7) is 4.11. The first kappa shape index (κ1) is 78.8. The van der Waals surface area contributed by atoms with Crippen molar-refractivity contribution in [1.29, 1.82) is 0 Å². The smallest absolute Gasteiger partial charge is 0.462 e. The Morgan fingerprint density at radius 1 is 0.369 bits per heavy atom. The largest absolute Gasteiger partial charge is 0.472 e. The Balaban J connectivity index is 4.28. The first-order valence-corrected chi connectivity index (χ1v) is 33.7. The Labute approximate surface area is 513 Å². The van der Waals surface area contributed by atoms with Crippen LogP contribution >= 0.6 is 7.82 Å². The van der Waals surface area contributed by atoms with E-state index in [1.54, 1.807) is 0 Å². The molecule has 0 aromatic carbocycles. The highest BCUT2D eigenvalue weighted by Crippen LogP contribution is 2.43. The summed E-state index contributed by atoms with van der Waals surface area (Å²) in [5.41, 5.74) is 0. The van der Waals surface area contributed by atoms with Gasteiger partial charge in [-0.2, -0.15) is 0 Å². The first-order chi connectivity index (χ1) is 41.0. The predicted octanol–water partition coefficient (Wildman–Crippen LogP) is 20.9. The van der Waals surface area contributed by atoms with Crippen molar-refractivity contribution in [2.45, 2.75) is 213 Å². The fourth-order valence-corrected chi connectivity index (χ4v) is 8.49. The van der Waals surface area contributed by atoms with Gasteiger partial charge in [0.05, 0.1) is 27.7 Å². The van der Waals surface area contributed by atoms with Crippen LogP contribution in [0.5, 0.6) is 0 Å². The maximum Gasteiger partial charge on any atom is 0.472 e. The average Bonchev–Trinajstić information content (AvgIpc) is 3.61. The fourth-order valence-electron chi connectivity index (χ4n) is 7.75. The van der Waals surface area contributed by atoms with Crippen molar-refractivity contribution in [3.8, 4) is 0 Å². The number of rotatable bonds is 56. The standard InChI is InChI=1S/C74H116NO8P/c1-6-8-10-12-14-16-18-20-22-24-26-28-30-32-34-35-36-37-38-39-41-43-45-47-49-51-53-55-57-59-61-63-65-67-74(77)83-72(71-82-84(78,79)81-69-68-75(3,4)5)70-80-73(76)66-64-62-60-58-56-54-52-50-48-46-44-42-40-33-31-29-27-25-23-21-19-17-15-13-11-9-7-2/h8-11,14-17,20-23,26-29,32-34,36-37,39-41,44-47,50,52,56,58,72H,6-7,12-13,18-19,24-25,30-31,35,38,42-43,48-49,51,53-55,57,59-71H2,1-5H3/p+1/b10-8-,11-9-,16-14-,17-15-,22-20-,23-21-,28-26-,29-27-,34-32-,37-36-,40-33-,41-39-,46-44-,47-45-,52-50-,58-56-. The molecule has 0 aromatic heterocycles. The number of phosphoric ester groups is 1. The molecule has 0 saturated heterocycles. The molecule has 0 fully saturated rings. The van der Waals surface area contributed by atoms with Crippen LogP contribution in [-0.2, 0) is 32.7 Å². The highest BCUT2D eigenvalue weighted by Gasteiger charge is 2.27. The Morgan fingerprint density at radius 2 is 0.643 bits per heavy atom. The summed E-state index contributed by atoms with van der Waals surface area (Å²) in [7, 11) is 1.41. The van der Waals surface area contributed by atoms with E-state index >= 15 is 0 Å². The van der Waals surface area contributed by atoms with Gasteiger partial charge in [-0.1, -0.05) is 247 Å². The number of quaternary nitrogens is 1. The van der Waals surface area contributed by atoms with Gasteiger partial charge in [-0.05, 0) is 141 Å². The second-order valence-electron chi connectivity index (χ2n) is 21.7. The van der Waals surface area contributed by atoms with Crippen LogP contribution in [0.25, 0.3) is 0 Å². The summed E-state index contributed by atoms with van der Waals surface area (Å²) in [5, 5.41) is 0. The van der Waals surface area contributed by atoms with Gasteiger partial charge in [0.25, 0.3) is 0 Å². The lowest BCUT2D eigenvalue weighted by Gasteiger charge is -2.24. The van der Waals surface area contributed by atoms with E-state index in [0.717, 1.165) is 141 Å². The number of phosphoric acid groups is 1. The van der Waals surface area contributed by atoms with Crippen molar-refractivity contribution in [3.63, 3.8) is 0 Å². The lowest BCUT2D eigenvalue weighted by molar-refractivity contribution is -0.870. The average molecular weight is 1180 g/mol. The van der Waals surface area contributed by atoms with Gasteiger partial charge in [-0.3, -0.25) is 18.6 Å². The number of esters is 2. The summed E-state index contributed by atoms with van der Waals surface area (Å²) in [6.07, 6.45) is 98.0. The number of ether oxygens (including phenoxy) is 2. The number of allylic oxidation sites excluding steroid dienone is 32. The van der Waals surface area contributed by atoms with Crippen LogP contribution in [0, 0.1) is 0 Å². The molecule has 470 valence electrons. The minimum Gasteiger partial charge on any atom is -0.462 e. The Kier molecular flexibility index (Phi) is 58.6.